The molecular formula is C20H29N5O6. The summed E-state index contributed by atoms with van der Waals surface area (Å²) in [6.07, 6.45) is 2.69. The zero-order valence-electron chi connectivity index (χ0n) is 17.9. The molecule has 2 amide bonds. The normalized spacial score (nSPS) is 20.3. The quantitative estimate of drug-likeness (QED) is 0.469. The van der Waals surface area contributed by atoms with E-state index in [-0.39, 0.29) is 36.7 Å². The van der Waals surface area contributed by atoms with Crippen LogP contribution in [0.5, 0.6) is 0 Å². The van der Waals surface area contributed by atoms with E-state index >= 15 is 0 Å². The van der Waals surface area contributed by atoms with Crippen molar-refractivity contribution in [3.05, 3.63) is 35.0 Å². The van der Waals surface area contributed by atoms with E-state index in [1.54, 1.807) is 17.7 Å². The van der Waals surface area contributed by atoms with Crippen molar-refractivity contribution in [2.45, 2.75) is 58.2 Å². The van der Waals surface area contributed by atoms with Crippen molar-refractivity contribution in [2.24, 2.45) is 13.0 Å². The van der Waals surface area contributed by atoms with Crippen LogP contribution in [0.25, 0.3) is 0 Å². The first-order valence-corrected chi connectivity index (χ1v) is 9.97. The Morgan fingerprint density at radius 1 is 1.35 bits per heavy atom. The molecule has 0 unspecified atom stereocenters. The van der Waals surface area contributed by atoms with Crippen LogP contribution in [0.15, 0.2) is 16.8 Å². The summed E-state index contributed by atoms with van der Waals surface area (Å²) in [6, 6.07) is 1.35. The van der Waals surface area contributed by atoms with Crippen LogP contribution in [-0.2, 0) is 34.4 Å². The summed E-state index contributed by atoms with van der Waals surface area (Å²) in [5.74, 6) is -0.0836. The molecular weight excluding hydrogens is 406 g/mol. The van der Waals surface area contributed by atoms with Gasteiger partial charge in [0.2, 0.25) is 11.8 Å². The zero-order valence-corrected chi connectivity index (χ0v) is 17.9. The average Bonchev–Trinajstić information content (AvgIpc) is 3.25. The molecule has 0 radical (unpaired) electrons. The van der Waals surface area contributed by atoms with Gasteiger partial charge in [0.1, 0.15) is 5.76 Å². The number of hydrogen-bond acceptors (Lipinski definition) is 7. The molecule has 1 aliphatic carbocycles. The minimum absolute atomic E-state index is 0.0794. The first-order valence-electron chi connectivity index (χ1n) is 9.97. The minimum atomic E-state index is -0.759. The molecule has 3 atom stereocenters. The highest BCUT2D eigenvalue weighted by Gasteiger charge is 2.33. The Balaban J connectivity index is 0.00000107. The molecule has 11 heteroatoms. The lowest BCUT2D eigenvalue weighted by molar-refractivity contribution is -0.128. The topological polar surface area (TPSA) is 160 Å². The molecule has 0 spiro atoms. The van der Waals surface area contributed by atoms with Crippen molar-refractivity contribution < 1.29 is 29.1 Å². The van der Waals surface area contributed by atoms with Crippen LogP contribution in [0.1, 0.15) is 42.0 Å². The number of nitrogens with zero attached hydrogens (tertiary/aromatic N) is 3. The molecule has 170 valence electrons. The van der Waals surface area contributed by atoms with Gasteiger partial charge in [-0.05, 0) is 33.1 Å². The highest BCUT2D eigenvalue weighted by atomic mass is 16.5. The summed E-state index contributed by atoms with van der Waals surface area (Å²) in [7, 11) is 1.84. The molecule has 3 rings (SSSR count). The van der Waals surface area contributed by atoms with Crippen molar-refractivity contribution in [3.8, 4) is 0 Å². The van der Waals surface area contributed by atoms with Gasteiger partial charge in [-0.2, -0.15) is 5.10 Å². The van der Waals surface area contributed by atoms with E-state index in [4.69, 9.17) is 14.4 Å². The fraction of sp³-hybridized carbons (Fsp3) is 0.550. The van der Waals surface area contributed by atoms with Crippen LogP contribution in [0.3, 0.4) is 0 Å². The third-order valence-electron chi connectivity index (χ3n) is 5.11. The van der Waals surface area contributed by atoms with Crippen LogP contribution in [0.2, 0.25) is 0 Å². The maximum atomic E-state index is 12.5. The van der Waals surface area contributed by atoms with Gasteiger partial charge in [-0.1, -0.05) is 5.16 Å². The van der Waals surface area contributed by atoms with Gasteiger partial charge < -0.3 is 25.4 Å². The number of aliphatic hydroxyl groups excluding tert-OH is 1. The Bertz CT molecular complexity index is 893. The number of carbonyl (C=O) groups is 3. The molecule has 0 saturated heterocycles. The van der Waals surface area contributed by atoms with E-state index in [0.717, 1.165) is 17.0 Å². The highest BCUT2D eigenvalue weighted by Crippen LogP contribution is 2.25. The van der Waals surface area contributed by atoms with Gasteiger partial charge in [0.15, 0.2) is 0 Å². The van der Waals surface area contributed by atoms with E-state index in [0.29, 0.717) is 31.6 Å². The van der Waals surface area contributed by atoms with E-state index < -0.39 is 6.10 Å². The maximum Gasteiger partial charge on any atom is 0.290 e. The lowest BCUT2D eigenvalue weighted by Gasteiger charge is -2.32. The molecule has 2 heterocycles. The van der Waals surface area contributed by atoms with Crippen LogP contribution < -0.4 is 10.6 Å². The van der Waals surface area contributed by atoms with Crippen molar-refractivity contribution >= 4 is 18.3 Å². The second kappa shape index (κ2) is 11.3. The van der Waals surface area contributed by atoms with Crippen LogP contribution in [-0.4, -0.2) is 55.6 Å². The number of aliphatic hydroxyl groups is 1. The fourth-order valence-corrected chi connectivity index (χ4v) is 3.62. The number of carboxylic acid groups (broad SMARTS) is 1. The number of rotatable bonds is 6. The Labute approximate surface area is 179 Å². The van der Waals surface area contributed by atoms with Gasteiger partial charge in [0.25, 0.3) is 6.47 Å². The largest absolute Gasteiger partial charge is 0.483 e. The first-order chi connectivity index (χ1) is 14.7. The molecule has 2 aromatic rings. The van der Waals surface area contributed by atoms with Crippen molar-refractivity contribution in [1.82, 2.24) is 25.6 Å². The monoisotopic (exact) mass is 435 g/mol. The minimum Gasteiger partial charge on any atom is -0.483 e. The number of hydrogen-bond donors (Lipinski definition) is 4. The number of carbonyl (C=O) groups excluding carboxylic acids is 2. The van der Waals surface area contributed by atoms with Gasteiger partial charge in [-0.15, -0.1) is 0 Å². The molecule has 1 aliphatic rings. The molecule has 0 bridgehead atoms. The number of aromatic nitrogens is 3. The third kappa shape index (κ3) is 7.21. The Morgan fingerprint density at radius 2 is 2.06 bits per heavy atom. The number of nitrogens with one attached hydrogen (secondary N) is 2. The van der Waals surface area contributed by atoms with Gasteiger partial charge in [0, 0.05) is 37.3 Å². The summed E-state index contributed by atoms with van der Waals surface area (Å²) < 4.78 is 6.76. The predicted octanol–water partition coefficient (Wildman–Crippen LogP) is 0.230. The van der Waals surface area contributed by atoms with Gasteiger partial charge >= 0.3 is 0 Å². The summed E-state index contributed by atoms with van der Waals surface area (Å²) >= 11 is 0. The van der Waals surface area contributed by atoms with Crippen LogP contribution in [0, 0.1) is 19.8 Å². The van der Waals surface area contributed by atoms with Crippen LogP contribution >= 0.6 is 0 Å². The van der Waals surface area contributed by atoms with Crippen LogP contribution in [0.4, 0.5) is 0 Å². The molecule has 4 N–H and O–H groups in total. The molecule has 0 aliphatic heterocycles. The fourth-order valence-electron chi connectivity index (χ4n) is 3.62. The molecule has 2 aromatic heterocycles. The standard InChI is InChI=1S/C19H27N5O4.CH2O2/c1-11-6-15(28-23-11)8-18(26)21-16-5-4-13(7-17(16)25)19(27)20-9-14-10-24(3)22-12(14)2;2-1-3/h6,10,13,16-17,25H,4-5,7-9H2,1-3H3,(H,20,27)(H,21,26);1H,(H,2,3)/t13-,16-,17-;/m0./s1. The smallest absolute Gasteiger partial charge is 0.290 e. The van der Waals surface area contributed by atoms with E-state index in [2.05, 4.69) is 20.9 Å². The molecule has 0 aromatic carbocycles. The Morgan fingerprint density at radius 3 is 2.61 bits per heavy atom. The van der Waals surface area contributed by atoms with Crippen molar-refractivity contribution in [1.29, 1.82) is 0 Å². The second-order valence-corrected chi connectivity index (χ2v) is 7.60. The Hall–Kier alpha value is -3.21. The SMILES string of the molecule is Cc1cc(CC(=O)N[C@H]2CC[C@H](C(=O)NCc3cn(C)nc3C)C[C@@H]2O)on1.O=CO. The van der Waals surface area contributed by atoms with Gasteiger partial charge in [-0.3, -0.25) is 19.1 Å². The molecule has 11 nitrogen and oxygen atoms in total. The van der Waals surface area contributed by atoms with Gasteiger partial charge in [0.05, 0.1) is 30.0 Å². The first kappa shape index (κ1) is 24.1. The summed E-state index contributed by atoms with van der Waals surface area (Å²) in [5, 5.41) is 31.1. The summed E-state index contributed by atoms with van der Waals surface area (Å²) in [4.78, 5) is 33.0. The predicted molar refractivity (Wildman–Crippen MR) is 109 cm³/mol. The van der Waals surface area contributed by atoms with E-state index in [9.17, 15) is 14.7 Å². The van der Waals surface area contributed by atoms with Gasteiger partial charge in [-0.25, -0.2) is 0 Å². The lowest BCUT2D eigenvalue weighted by atomic mass is 9.83. The molecule has 31 heavy (non-hydrogen) atoms. The molecule has 1 fully saturated rings. The molecule has 1 saturated carbocycles. The van der Waals surface area contributed by atoms with Crippen molar-refractivity contribution in [2.75, 3.05) is 0 Å². The average molecular weight is 435 g/mol. The highest BCUT2D eigenvalue weighted by molar-refractivity contribution is 5.79. The van der Waals surface area contributed by atoms with E-state index in [1.165, 1.54) is 0 Å². The second-order valence-electron chi connectivity index (χ2n) is 7.60. The Kier molecular flexibility index (Phi) is 8.74. The van der Waals surface area contributed by atoms with Crippen molar-refractivity contribution in [3.63, 3.8) is 0 Å². The summed E-state index contributed by atoms with van der Waals surface area (Å²) in [6.45, 7) is 3.86. The lowest BCUT2D eigenvalue weighted by Crippen LogP contribution is -2.49. The number of aryl methyl sites for hydroxylation is 3. The number of amides is 2. The third-order valence-corrected chi connectivity index (χ3v) is 5.11. The maximum absolute atomic E-state index is 12.5. The summed E-state index contributed by atoms with van der Waals surface area (Å²) in [5.41, 5.74) is 2.58. The van der Waals surface area contributed by atoms with E-state index in [1.807, 2.05) is 20.2 Å². The zero-order chi connectivity index (χ0) is 23.0.